The van der Waals surface area contributed by atoms with Crippen molar-refractivity contribution in [3.05, 3.63) is 59.7 Å². The van der Waals surface area contributed by atoms with Crippen LogP contribution in [0.3, 0.4) is 0 Å². The van der Waals surface area contributed by atoms with E-state index in [4.69, 9.17) is 4.74 Å². The first-order valence-corrected chi connectivity index (χ1v) is 8.89. The van der Waals surface area contributed by atoms with E-state index in [0.717, 1.165) is 22.6 Å². The number of methoxy groups -OCH3 is 1. The number of fused-ring (bicyclic) bond motifs is 1. The normalized spacial score (nSPS) is 17.0. The molecule has 1 aliphatic heterocycles. The number of para-hydroxylation sites is 2. The predicted octanol–water partition coefficient (Wildman–Crippen LogP) is 3.46. The van der Waals surface area contributed by atoms with Gasteiger partial charge in [0, 0.05) is 23.6 Å². The van der Waals surface area contributed by atoms with E-state index >= 15 is 0 Å². The van der Waals surface area contributed by atoms with E-state index in [0.29, 0.717) is 19.3 Å². The van der Waals surface area contributed by atoms with Gasteiger partial charge < -0.3 is 15.4 Å². The van der Waals surface area contributed by atoms with E-state index in [1.807, 2.05) is 55.5 Å². The molecule has 0 radical (unpaired) electrons. The monoisotopic (exact) mass is 352 g/mol. The Bertz CT molecular complexity index is 803. The van der Waals surface area contributed by atoms with Crippen LogP contribution >= 0.6 is 0 Å². The Hall–Kier alpha value is -2.82. The molecule has 0 aromatic heterocycles. The first kappa shape index (κ1) is 18.0. The highest BCUT2D eigenvalue weighted by Gasteiger charge is 2.26. The standard InChI is InChI=1S/C21H24N2O3/c1-14(17-8-4-6-10-19(17)26-2)22-20(24)12-11-16-13-15-7-3-5-9-18(15)23-21(16)25/h3-10,14,16H,11-13H2,1-2H3,(H,22,24)(H,23,25)/t14-,16+/m0/s1. The summed E-state index contributed by atoms with van der Waals surface area (Å²) in [6.45, 7) is 1.93. The van der Waals surface area contributed by atoms with Gasteiger partial charge in [-0.1, -0.05) is 36.4 Å². The van der Waals surface area contributed by atoms with Crippen molar-refractivity contribution >= 4 is 17.5 Å². The lowest BCUT2D eigenvalue weighted by Crippen LogP contribution is -2.32. The third-order valence-corrected chi connectivity index (χ3v) is 4.82. The van der Waals surface area contributed by atoms with Gasteiger partial charge in [0.15, 0.2) is 0 Å². The first-order valence-electron chi connectivity index (χ1n) is 8.89. The molecule has 0 saturated carbocycles. The Labute approximate surface area is 153 Å². The maximum atomic E-state index is 12.3. The van der Waals surface area contributed by atoms with Crippen LogP contribution in [0.25, 0.3) is 0 Å². The van der Waals surface area contributed by atoms with Crippen molar-refractivity contribution in [2.24, 2.45) is 5.92 Å². The number of hydrogen-bond acceptors (Lipinski definition) is 3. The number of carbonyl (C=O) groups is 2. The fourth-order valence-corrected chi connectivity index (χ4v) is 3.37. The Morgan fingerprint density at radius 3 is 2.77 bits per heavy atom. The summed E-state index contributed by atoms with van der Waals surface area (Å²) < 4.78 is 5.35. The van der Waals surface area contributed by atoms with Crippen LogP contribution in [0.5, 0.6) is 5.75 Å². The van der Waals surface area contributed by atoms with Crippen LogP contribution in [-0.4, -0.2) is 18.9 Å². The molecule has 0 fully saturated rings. The lowest BCUT2D eigenvalue weighted by atomic mass is 9.89. The summed E-state index contributed by atoms with van der Waals surface area (Å²) in [7, 11) is 1.62. The molecule has 2 aromatic carbocycles. The summed E-state index contributed by atoms with van der Waals surface area (Å²) in [5.41, 5.74) is 2.94. The van der Waals surface area contributed by atoms with E-state index in [2.05, 4.69) is 10.6 Å². The second kappa shape index (κ2) is 8.04. The van der Waals surface area contributed by atoms with Crippen LogP contribution in [0, 0.1) is 5.92 Å². The zero-order valence-corrected chi connectivity index (χ0v) is 15.1. The fraction of sp³-hybridized carbons (Fsp3) is 0.333. The van der Waals surface area contributed by atoms with E-state index in [1.54, 1.807) is 7.11 Å². The van der Waals surface area contributed by atoms with Crippen LogP contribution in [0.15, 0.2) is 48.5 Å². The van der Waals surface area contributed by atoms with Gasteiger partial charge in [0.2, 0.25) is 11.8 Å². The molecular formula is C21H24N2O3. The van der Waals surface area contributed by atoms with Gasteiger partial charge in [-0.05, 0) is 37.5 Å². The molecule has 2 amide bonds. The molecule has 2 N–H and O–H groups in total. The lowest BCUT2D eigenvalue weighted by molar-refractivity contribution is -0.123. The van der Waals surface area contributed by atoms with Crippen molar-refractivity contribution in [2.45, 2.75) is 32.2 Å². The average molecular weight is 352 g/mol. The van der Waals surface area contributed by atoms with E-state index < -0.39 is 0 Å². The Kier molecular flexibility index (Phi) is 5.56. The molecule has 136 valence electrons. The fourth-order valence-electron chi connectivity index (χ4n) is 3.37. The highest BCUT2D eigenvalue weighted by atomic mass is 16.5. The first-order chi connectivity index (χ1) is 12.6. The van der Waals surface area contributed by atoms with E-state index in [-0.39, 0.29) is 23.8 Å². The van der Waals surface area contributed by atoms with Gasteiger partial charge in [0.05, 0.1) is 13.2 Å². The van der Waals surface area contributed by atoms with Gasteiger partial charge in [-0.25, -0.2) is 0 Å². The molecule has 1 heterocycles. The summed E-state index contributed by atoms with van der Waals surface area (Å²) in [4.78, 5) is 24.6. The van der Waals surface area contributed by atoms with Crippen molar-refractivity contribution in [1.29, 1.82) is 0 Å². The van der Waals surface area contributed by atoms with Crippen molar-refractivity contribution < 1.29 is 14.3 Å². The molecule has 2 aromatic rings. The number of carbonyl (C=O) groups excluding carboxylic acids is 2. The Morgan fingerprint density at radius 1 is 1.23 bits per heavy atom. The number of rotatable bonds is 6. The number of amides is 2. The molecule has 0 spiro atoms. The smallest absolute Gasteiger partial charge is 0.227 e. The van der Waals surface area contributed by atoms with Gasteiger partial charge in [-0.2, -0.15) is 0 Å². The molecule has 5 heteroatoms. The second-order valence-electron chi connectivity index (χ2n) is 6.62. The zero-order valence-electron chi connectivity index (χ0n) is 15.1. The third-order valence-electron chi connectivity index (χ3n) is 4.82. The van der Waals surface area contributed by atoms with Crippen molar-refractivity contribution in [2.75, 3.05) is 12.4 Å². The number of ether oxygens (including phenoxy) is 1. The number of benzene rings is 2. The molecule has 0 saturated heterocycles. The highest BCUT2D eigenvalue weighted by molar-refractivity contribution is 5.96. The summed E-state index contributed by atoms with van der Waals surface area (Å²) in [6.07, 6.45) is 1.53. The van der Waals surface area contributed by atoms with E-state index in [9.17, 15) is 9.59 Å². The topological polar surface area (TPSA) is 67.4 Å². The minimum atomic E-state index is -0.169. The van der Waals surface area contributed by atoms with Gasteiger partial charge in [0.1, 0.15) is 5.75 Å². The summed E-state index contributed by atoms with van der Waals surface area (Å²) in [5, 5.41) is 5.92. The minimum Gasteiger partial charge on any atom is -0.496 e. The number of hydrogen-bond donors (Lipinski definition) is 2. The van der Waals surface area contributed by atoms with Crippen LogP contribution in [-0.2, 0) is 16.0 Å². The molecule has 3 rings (SSSR count). The molecule has 1 aliphatic rings. The quantitative estimate of drug-likeness (QED) is 0.836. The second-order valence-corrected chi connectivity index (χ2v) is 6.62. The van der Waals surface area contributed by atoms with E-state index in [1.165, 1.54) is 0 Å². The summed E-state index contributed by atoms with van der Waals surface area (Å²) in [5.74, 6) is 0.519. The average Bonchev–Trinajstić information content (AvgIpc) is 2.66. The van der Waals surface area contributed by atoms with Crippen molar-refractivity contribution in [3.63, 3.8) is 0 Å². The van der Waals surface area contributed by atoms with Crippen molar-refractivity contribution in [1.82, 2.24) is 5.32 Å². The molecule has 5 nitrogen and oxygen atoms in total. The number of nitrogens with one attached hydrogen (secondary N) is 2. The van der Waals surface area contributed by atoms with Gasteiger partial charge >= 0.3 is 0 Å². The summed E-state index contributed by atoms with van der Waals surface area (Å²) >= 11 is 0. The molecule has 0 aliphatic carbocycles. The van der Waals surface area contributed by atoms with Crippen LogP contribution in [0.4, 0.5) is 5.69 Å². The molecular weight excluding hydrogens is 328 g/mol. The molecule has 0 bridgehead atoms. The molecule has 2 atom stereocenters. The van der Waals surface area contributed by atoms with Gasteiger partial charge in [-0.3, -0.25) is 9.59 Å². The predicted molar refractivity (Wildman–Crippen MR) is 101 cm³/mol. The van der Waals surface area contributed by atoms with Crippen LogP contribution in [0.1, 0.15) is 36.9 Å². The minimum absolute atomic E-state index is 0.00530. The summed E-state index contributed by atoms with van der Waals surface area (Å²) in [6, 6.07) is 15.3. The SMILES string of the molecule is COc1ccccc1[C@H](C)NC(=O)CC[C@@H]1Cc2ccccc2NC1=O. The largest absolute Gasteiger partial charge is 0.496 e. The molecule has 0 unspecified atom stereocenters. The highest BCUT2D eigenvalue weighted by Crippen LogP contribution is 2.28. The van der Waals surface area contributed by atoms with Crippen LogP contribution in [0.2, 0.25) is 0 Å². The zero-order chi connectivity index (χ0) is 18.5. The third kappa shape index (κ3) is 4.04. The Balaban J connectivity index is 1.55. The molecule has 26 heavy (non-hydrogen) atoms. The lowest BCUT2D eigenvalue weighted by Gasteiger charge is -2.24. The maximum absolute atomic E-state index is 12.3. The van der Waals surface area contributed by atoms with Crippen LogP contribution < -0.4 is 15.4 Å². The Morgan fingerprint density at radius 2 is 1.96 bits per heavy atom. The van der Waals surface area contributed by atoms with Gasteiger partial charge in [-0.15, -0.1) is 0 Å². The maximum Gasteiger partial charge on any atom is 0.227 e. The van der Waals surface area contributed by atoms with Gasteiger partial charge in [0.25, 0.3) is 0 Å². The van der Waals surface area contributed by atoms with Crippen molar-refractivity contribution in [3.8, 4) is 5.75 Å². The number of anilines is 1.